The molecule has 0 amide bonds. The first-order valence-corrected chi connectivity index (χ1v) is 6.80. The number of imidazole rings is 1. The zero-order valence-corrected chi connectivity index (χ0v) is 11.5. The maximum Gasteiger partial charge on any atom is 0.203 e. The number of aromatic nitrogens is 2. The highest BCUT2D eigenvalue weighted by Crippen LogP contribution is 2.37. The van der Waals surface area contributed by atoms with Crippen molar-refractivity contribution < 1.29 is 0 Å². The van der Waals surface area contributed by atoms with Crippen LogP contribution < -0.4 is 5.32 Å². The van der Waals surface area contributed by atoms with E-state index in [1.165, 1.54) is 25.7 Å². The minimum atomic E-state index is 0.381. The van der Waals surface area contributed by atoms with E-state index in [9.17, 15) is 0 Å². The molecule has 1 fully saturated rings. The van der Waals surface area contributed by atoms with E-state index < -0.39 is 0 Å². The van der Waals surface area contributed by atoms with E-state index in [2.05, 4.69) is 48.8 Å². The van der Waals surface area contributed by atoms with E-state index in [4.69, 9.17) is 0 Å². The lowest BCUT2D eigenvalue weighted by molar-refractivity contribution is 0.215. The molecule has 1 unspecified atom stereocenters. The molecule has 1 heterocycles. The molecular weight excluding hydrogens is 210 g/mol. The van der Waals surface area contributed by atoms with Crippen molar-refractivity contribution in [3.8, 4) is 0 Å². The molecule has 3 nitrogen and oxygen atoms in total. The van der Waals surface area contributed by atoms with Gasteiger partial charge in [-0.3, -0.25) is 0 Å². The van der Waals surface area contributed by atoms with Crippen LogP contribution in [0.2, 0.25) is 0 Å². The van der Waals surface area contributed by atoms with Gasteiger partial charge in [0, 0.05) is 24.5 Å². The van der Waals surface area contributed by atoms with Gasteiger partial charge in [-0.25, -0.2) is 4.98 Å². The third-order valence-electron chi connectivity index (χ3n) is 4.04. The lowest BCUT2D eigenvalue weighted by atomic mass is 9.73. The van der Waals surface area contributed by atoms with E-state index >= 15 is 0 Å². The highest BCUT2D eigenvalue weighted by Gasteiger charge is 2.32. The minimum Gasteiger partial charge on any atom is -0.352 e. The van der Waals surface area contributed by atoms with Gasteiger partial charge in [0.1, 0.15) is 0 Å². The van der Waals surface area contributed by atoms with Gasteiger partial charge in [0.05, 0.1) is 0 Å². The van der Waals surface area contributed by atoms with E-state index in [1.807, 2.05) is 6.20 Å². The Labute approximate surface area is 105 Å². The Hall–Kier alpha value is -0.990. The van der Waals surface area contributed by atoms with Crippen molar-refractivity contribution in [3.63, 3.8) is 0 Å². The Balaban J connectivity index is 2.11. The molecule has 0 spiro atoms. The SMILES string of the molecule is CC(C)n1ccnc1NC1CCCCC1(C)C. The van der Waals surface area contributed by atoms with E-state index in [1.54, 1.807) is 0 Å². The summed E-state index contributed by atoms with van der Waals surface area (Å²) in [6.45, 7) is 9.12. The lowest BCUT2D eigenvalue weighted by Crippen LogP contribution is -2.39. The summed E-state index contributed by atoms with van der Waals surface area (Å²) in [4.78, 5) is 4.45. The Kier molecular flexibility index (Phi) is 3.45. The van der Waals surface area contributed by atoms with Gasteiger partial charge < -0.3 is 9.88 Å². The molecule has 0 aliphatic heterocycles. The number of nitrogens with zero attached hydrogens (tertiary/aromatic N) is 2. The second-order valence-electron chi connectivity index (χ2n) is 6.18. The van der Waals surface area contributed by atoms with Gasteiger partial charge in [0.25, 0.3) is 0 Å². The van der Waals surface area contributed by atoms with Gasteiger partial charge in [-0.05, 0) is 32.1 Å². The molecular formula is C14H25N3. The topological polar surface area (TPSA) is 29.9 Å². The molecule has 96 valence electrons. The van der Waals surface area contributed by atoms with Crippen LogP contribution in [0.25, 0.3) is 0 Å². The third-order valence-corrected chi connectivity index (χ3v) is 4.04. The predicted molar refractivity (Wildman–Crippen MR) is 72.3 cm³/mol. The van der Waals surface area contributed by atoms with Crippen molar-refractivity contribution in [1.29, 1.82) is 0 Å². The molecule has 1 aromatic heterocycles. The Morgan fingerprint density at radius 3 is 2.82 bits per heavy atom. The quantitative estimate of drug-likeness (QED) is 0.862. The van der Waals surface area contributed by atoms with Crippen LogP contribution in [0.5, 0.6) is 0 Å². The first kappa shape index (κ1) is 12.5. The number of rotatable bonds is 3. The molecule has 2 rings (SSSR count). The molecule has 0 radical (unpaired) electrons. The van der Waals surface area contributed by atoms with E-state index in [-0.39, 0.29) is 0 Å². The molecule has 1 atom stereocenters. The van der Waals surface area contributed by atoms with E-state index in [0.29, 0.717) is 17.5 Å². The summed E-state index contributed by atoms with van der Waals surface area (Å²) in [5.41, 5.74) is 0.381. The number of hydrogen-bond acceptors (Lipinski definition) is 2. The summed E-state index contributed by atoms with van der Waals surface area (Å²) in [7, 11) is 0. The molecule has 1 N–H and O–H groups in total. The van der Waals surface area contributed by atoms with Crippen LogP contribution in [-0.2, 0) is 0 Å². The fourth-order valence-electron chi connectivity index (χ4n) is 2.76. The maximum absolute atomic E-state index is 4.45. The van der Waals surface area contributed by atoms with Crippen molar-refractivity contribution in [2.24, 2.45) is 5.41 Å². The summed E-state index contributed by atoms with van der Waals surface area (Å²) in [5, 5.41) is 3.65. The molecule has 1 saturated carbocycles. The minimum absolute atomic E-state index is 0.381. The molecule has 0 aromatic carbocycles. The first-order valence-electron chi connectivity index (χ1n) is 6.80. The van der Waals surface area contributed by atoms with Crippen LogP contribution in [0.15, 0.2) is 12.4 Å². The summed E-state index contributed by atoms with van der Waals surface area (Å²) >= 11 is 0. The van der Waals surface area contributed by atoms with Gasteiger partial charge in [0.2, 0.25) is 5.95 Å². The molecule has 1 aliphatic rings. The number of hydrogen-bond donors (Lipinski definition) is 1. The van der Waals surface area contributed by atoms with Crippen LogP contribution in [0.3, 0.4) is 0 Å². The zero-order chi connectivity index (χ0) is 12.5. The van der Waals surface area contributed by atoms with Crippen LogP contribution in [0.4, 0.5) is 5.95 Å². The zero-order valence-electron chi connectivity index (χ0n) is 11.5. The highest BCUT2D eigenvalue weighted by molar-refractivity contribution is 5.29. The lowest BCUT2D eigenvalue weighted by Gasteiger charge is -2.39. The van der Waals surface area contributed by atoms with Crippen molar-refractivity contribution in [2.75, 3.05) is 5.32 Å². The molecule has 17 heavy (non-hydrogen) atoms. The van der Waals surface area contributed by atoms with Crippen molar-refractivity contribution in [2.45, 2.75) is 65.5 Å². The summed E-state index contributed by atoms with van der Waals surface area (Å²) < 4.78 is 2.21. The van der Waals surface area contributed by atoms with Gasteiger partial charge in [0.15, 0.2) is 0 Å². The number of anilines is 1. The van der Waals surface area contributed by atoms with Crippen LogP contribution in [0.1, 0.15) is 59.4 Å². The average Bonchev–Trinajstić information content (AvgIpc) is 2.69. The fourth-order valence-corrected chi connectivity index (χ4v) is 2.76. The monoisotopic (exact) mass is 235 g/mol. The largest absolute Gasteiger partial charge is 0.352 e. The van der Waals surface area contributed by atoms with Crippen molar-refractivity contribution in [3.05, 3.63) is 12.4 Å². The molecule has 1 aromatic rings. The van der Waals surface area contributed by atoms with Crippen LogP contribution >= 0.6 is 0 Å². The second kappa shape index (κ2) is 4.71. The van der Waals surface area contributed by atoms with Crippen molar-refractivity contribution >= 4 is 5.95 Å². The summed E-state index contributed by atoms with van der Waals surface area (Å²) in [6.07, 6.45) is 9.22. The first-order chi connectivity index (χ1) is 8.00. The van der Waals surface area contributed by atoms with Gasteiger partial charge >= 0.3 is 0 Å². The Morgan fingerprint density at radius 2 is 2.18 bits per heavy atom. The van der Waals surface area contributed by atoms with Gasteiger partial charge in [-0.2, -0.15) is 0 Å². The van der Waals surface area contributed by atoms with Crippen LogP contribution in [0, 0.1) is 5.41 Å². The summed E-state index contributed by atoms with van der Waals surface area (Å²) in [5.74, 6) is 1.03. The molecule has 0 saturated heterocycles. The maximum atomic E-state index is 4.45. The van der Waals surface area contributed by atoms with Crippen molar-refractivity contribution in [1.82, 2.24) is 9.55 Å². The standard InChI is InChI=1S/C14H25N3/c1-11(2)17-10-9-15-13(17)16-12-7-5-6-8-14(12,3)4/h9-12H,5-8H2,1-4H3,(H,15,16). The predicted octanol–water partition coefficient (Wildman–Crippen LogP) is 3.84. The average molecular weight is 235 g/mol. The molecule has 1 aliphatic carbocycles. The normalized spacial score (nSPS) is 23.9. The Bertz CT molecular complexity index is 365. The van der Waals surface area contributed by atoms with E-state index in [0.717, 1.165) is 5.95 Å². The highest BCUT2D eigenvalue weighted by atomic mass is 15.2. The molecule has 0 bridgehead atoms. The number of nitrogens with one attached hydrogen (secondary N) is 1. The van der Waals surface area contributed by atoms with Gasteiger partial charge in [-0.1, -0.05) is 26.7 Å². The third kappa shape index (κ3) is 2.64. The smallest absolute Gasteiger partial charge is 0.203 e. The second-order valence-corrected chi connectivity index (χ2v) is 6.18. The molecule has 3 heteroatoms. The Morgan fingerprint density at radius 1 is 1.41 bits per heavy atom. The fraction of sp³-hybridized carbons (Fsp3) is 0.786. The summed E-state index contributed by atoms with van der Waals surface area (Å²) in [6, 6.07) is 1.02. The van der Waals surface area contributed by atoms with Gasteiger partial charge in [-0.15, -0.1) is 0 Å². The van der Waals surface area contributed by atoms with Crippen LogP contribution in [-0.4, -0.2) is 15.6 Å².